The summed E-state index contributed by atoms with van der Waals surface area (Å²) in [4.78, 5) is 50.2. The number of rotatable bonds is 9. The van der Waals surface area contributed by atoms with Gasteiger partial charge in [-0.3, -0.25) is 19.2 Å². The minimum Gasteiger partial charge on any atom is -0.481 e. The molecule has 12 unspecified atom stereocenters. The molecule has 0 aromatic carbocycles. The summed E-state index contributed by atoms with van der Waals surface area (Å²) in [6.07, 6.45) is 6.47. The number of ether oxygens (including phenoxy) is 3. The predicted octanol–water partition coefficient (Wildman–Crippen LogP) is 6.07. The molecule has 1 heterocycles. The van der Waals surface area contributed by atoms with E-state index in [0.29, 0.717) is 24.4 Å². The topological polar surface area (TPSA) is 116 Å². The maximum absolute atomic E-state index is 13.4. The van der Waals surface area contributed by atoms with Crippen LogP contribution in [-0.2, 0) is 33.4 Å². The first-order valence-electron chi connectivity index (χ1n) is 13.4. The molecule has 4 aliphatic carbocycles. The van der Waals surface area contributed by atoms with E-state index in [4.69, 9.17) is 14.2 Å². The van der Waals surface area contributed by atoms with Crippen LogP contribution < -0.4 is 0 Å². The van der Waals surface area contributed by atoms with Crippen molar-refractivity contribution in [3.63, 3.8) is 0 Å². The number of hydrogen-bond donors (Lipinski definition) is 1. The molecule has 5 aliphatic rings. The van der Waals surface area contributed by atoms with Crippen LogP contribution in [0, 0.1) is 71.0 Å². The van der Waals surface area contributed by atoms with Gasteiger partial charge in [-0.2, -0.15) is 0 Å². The van der Waals surface area contributed by atoms with E-state index in [-0.39, 0.29) is 60.2 Å². The van der Waals surface area contributed by atoms with E-state index >= 15 is 0 Å². The van der Waals surface area contributed by atoms with Gasteiger partial charge in [0, 0.05) is 0 Å². The summed E-state index contributed by atoms with van der Waals surface area (Å²) < 4.78 is 16.3. The minimum atomic E-state index is -1.07. The lowest BCUT2D eigenvalue weighted by Gasteiger charge is -2.39. The highest BCUT2D eigenvalue weighted by Crippen LogP contribution is 2.60. The van der Waals surface area contributed by atoms with Crippen LogP contribution in [0.15, 0.2) is 0 Å². The highest BCUT2D eigenvalue weighted by atomic mass is 16.7. The van der Waals surface area contributed by atoms with Crippen LogP contribution in [0.4, 0.5) is 0 Å². The number of esters is 3. The van der Waals surface area contributed by atoms with E-state index in [1.165, 1.54) is 26.2 Å². The van der Waals surface area contributed by atoms with Crippen molar-refractivity contribution in [3.8, 4) is 0 Å². The molecule has 0 radical (unpaired) electrons. The molecule has 1 aliphatic heterocycles. The number of aliphatic carboxylic acids is 1. The van der Waals surface area contributed by atoms with Crippen LogP contribution in [-0.4, -0.2) is 42.4 Å². The number of carboxylic acids is 1. The predicted molar refractivity (Wildman–Crippen MR) is 149 cm³/mol. The van der Waals surface area contributed by atoms with Gasteiger partial charge in [0.05, 0.1) is 30.3 Å². The van der Waals surface area contributed by atoms with Crippen molar-refractivity contribution in [1.82, 2.24) is 0 Å². The molecule has 226 valence electrons. The van der Waals surface area contributed by atoms with Crippen molar-refractivity contribution < 1.29 is 38.5 Å². The van der Waals surface area contributed by atoms with E-state index in [1.807, 2.05) is 0 Å². The maximum atomic E-state index is 13.4. The van der Waals surface area contributed by atoms with Gasteiger partial charge in [-0.25, -0.2) is 0 Å². The Kier molecular flexibility index (Phi) is 12.2. The molecule has 5 rings (SSSR count). The average molecular weight is 555 g/mol. The summed E-state index contributed by atoms with van der Waals surface area (Å²) >= 11 is 0. The SMILES string of the molecule is C.C.C.C.CC(C(=O)O)C(C(=O)OCOCC1C2CCC(C2)C1C)C1C2CCC(C2)C1C1C(=O)OC(=O)C1C. The Bertz CT molecular complexity index is 884. The van der Waals surface area contributed by atoms with Gasteiger partial charge in [-0.05, 0) is 85.9 Å². The molecule has 0 spiro atoms. The molecule has 12 atom stereocenters. The van der Waals surface area contributed by atoms with Gasteiger partial charge in [0.1, 0.15) is 0 Å². The van der Waals surface area contributed by atoms with Gasteiger partial charge < -0.3 is 19.3 Å². The standard InChI is InChI=1S/C27H38O8.4CH4/c1-12-15-4-5-16(8-15)19(12)10-33-11-34-26(31)20(13(2)24(28)29)22-17-6-7-18(9-17)23(22)21-14(3)25(30)35-27(21)32;;;;/h12-23H,4-11H2,1-3H3,(H,28,29);4*1H4. The van der Waals surface area contributed by atoms with E-state index in [9.17, 15) is 24.3 Å². The van der Waals surface area contributed by atoms with Gasteiger partial charge in [0.2, 0.25) is 0 Å². The number of carboxylic acid groups (broad SMARTS) is 1. The molecular weight excluding hydrogens is 500 g/mol. The molecule has 4 bridgehead atoms. The Morgan fingerprint density at radius 2 is 1.51 bits per heavy atom. The van der Waals surface area contributed by atoms with Crippen LogP contribution in [0.2, 0.25) is 0 Å². The summed E-state index contributed by atoms with van der Waals surface area (Å²) in [7, 11) is 0. The first kappa shape index (κ1) is 35.1. The number of carbonyl (C=O) groups is 4. The molecule has 1 saturated heterocycles. The molecule has 0 amide bonds. The van der Waals surface area contributed by atoms with Gasteiger partial charge in [-0.1, -0.05) is 50.5 Å². The molecule has 4 saturated carbocycles. The van der Waals surface area contributed by atoms with Gasteiger partial charge in [0.25, 0.3) is 0 Å². The summed E-state index contributed by atoms with van der Waals surface area (Å²) in [5, 5.41) is 9.85. The van der Waals surface area contributed by atoms with Crippen LogP contribution in [0.5, 0.6) is 0 Å². The van der Waals surface area contributed by atoms with Crippen LogP contribution in [0.3, 0.4) is 0 Å². The Balaban J connectivity index is 0.00000190. The third-order valence-corrected chi connectivity index (χ3v) is 10.6. The van der Waals surface area contributed by atoms with E-state index in [0.717, 1.165) is 25.2 Å². The molecule has 39 heavy (non-hydrogen) atoms. The van der Waals surface area contributed by atoms with Gasteiger partial charge in [0.15, 0.2) is 6.79 Å². The van der Waals surface area contributed by atoms with Crippen LogP contribution in [0.1, 0.15) is 89.0 Å². The van der Waals surface area contributed by atoms with Crippen molar-refractivity contribution in [2.45, 2.75) is 89.0 Å². The number of hydrogen-bond acceptors (Lipinski definition) is 7. The summed E-state index contributed by atoms with van der Waals surface area (Å²) in [5.74, 6) is -3.47. The second kappa shape index (κ2) is 13.6. The van der Waals surface area contributed by atoms with Crippen molar-refractivity contribution >= 4 is 23.9 Å². The summed E-state index contributed by atoms with van der Waals surface area (Å²) in [6.45, 7) is 5.88. The molecule has 8 heteroatoms. The van der Waals surface area contributed by atoms with Crippen LogP contribution in [0.25, 0.3) is 0 Å². The zero-order chi connectivity index (χ0) is 25.0. The molecule has 1 N–H and O–H groups in total. The fourth-order valence-corrected chi connectivity index (χ4v) is 8.76. The Morgan fingerprint density at radius 1 is 0.923 bits per heavy atom. The maximum Gasteiger partial charge on any atom is 0.317 e. The fourth-order valence-electron chi connectivity index (χ4n) is 8.76. The molecule has 8 nitrogen and oxygen atoms in total. The molecular formula is C31H54O8. The molecule has 0 aromatic heterocycles. The fraction of sp³-hybridized carbons (Fsp3) is 0.871. The third-order valence-electron chi connectivity index (χ3n) is 10.6. The van der Waals surface area contributed by atoms with Crippen LogP contribution >= 0.6 is 0 Å². The monoisotopic (exact) mass is 554 g/mol. The summed E-state index contributed by atoms with van der Waals surface area (Å²) in [5.41, 5.74) is 0. The Labute approximate surface area is 235 Å². The summed E-state index contributed by atoms with van der Waals surface area (Å²) in [6, 6.07) is 0. The lowest BCUT2D eigenvalue weighted by molar-refractivity contribution is -0.174. The van der Waals surface area contributed by atoms with Crippen molar-refractivity contribution in [3.05, 3.63) is 0 Å². The van der Waals surface area contributed by atoms with E-state index < -0.39 is 47.5 Å². The van der Waals surface area contributed by atoms with E-state index in [2.05, 4.69) is 6.92 Å². The average Bonchev–Trinajstić information content (AvgIpc) is 3.62. The van der Waals surface area contributed by atoms with Crippen molar-refractivity contribution in [1.29, 1.82) is 0 Å². The number of fused-ring (bicyclic) bond motifs is 4. The Morgan fingerprint density at radius 3 is 2.08 bits per heavy atom. The first-order valence-corrected chi connectivity index (χ1v) is 13.4. The van der Waals surface area contributed by atoms with E-state index in [1.54, 1.807) is 6.92 Å². The van der Waals surface area contributed by atoms with Gasteiger partial charge >= 0.3 is 23.9 Å². The second-order valence-corrected chi connectivity index (χ2v) is 12.0. The lowest BCUT2D eigenvalue weighted by atomic mass is 9.63. The quantitative estimate of drug-likeness (QED) is 0.158. The molecule has 5 fully saturated rings. The smallest absolute Gasteiger partial charge is 0.317 e. The second-order valence-electron chi connectivity index (χ2n) is 12.0. The lowest BCUT2D eigenvalue weighted by Crippen LogP contribution is -2.45. The highest BCUT2D eigenvalue weighted by Gasteiger charge is 2.61. The third kappa shape index (κ3) is 6.06. The highest BCUT2D eigenvalue weighted by molar-refractivity contribution is 5.96. The zero-order valence-electron chi connectivity index (χ0n) is 20.9. The molecule has 0 aromatic rings. The first-order chi connectivity index (χ1) is 16.7. The van der Waals surface area contributed by atoms with Crippen molar-refractivity contribution in [2.75, 3.05) is 13.4 Å². The zero-order valence-corrected chi connectivity index (χ0v) is 20.9. The van der Waals surface area contributed by atoms with Crippen molar-refractivity contribution in [2.24, 2.45) is 71.0 Å². The minimum absolute atomic E-state index is 0. The number of carbonyl (C=O) groups excluding carboxylic acids is 3. The van der Waals surface area contributed by atoms with Gasteiger partial charge in [-0.15, -0.1) is 0 Å². The Hall–Kier alpha value is -1.96. The normalized spacial score (nSPS) is 38.9. The largest absolute Gasteiger partial charge is 0.481 e. The number of cyclic esters (lactones) is 2.